The van der Waals surface area contributed by atoms with Gasteiger partial charge in [-0.15, -0.1) is 11.3 Å². The molecule has 118 valence electrons. The first-order valence-electron chi connectivity index (χ1n) is 8.78. The van der Waals surface area contributed by atoms with Crippen LogP contribution in [0.2, 0.25) is 0 Å². The first-order chi connectivity index (χ1) is 10.2. The van der Waals surface area contributed by atoms with E-state index in [9.17, 15) is 0 Å². The minimum Gasteiger partial charge on any atom is -0.308 e. The molecule has 2 atom stereocenters. The van der Waals surface area contributed by atoms with Crippen molar-refractivity contribution in [1.82, 2.24) is 10.2 Å². The van der Waals surface area contributed by atoms with Crippen LogP contribution in [0.15, 0.2) is 17.5 Å². The molecule has 1 aliphatic carbocycles. The molecular formula is C18H30N2S. The molecule has 0 amide bonds. The molecule has 2 nitrogen and oxygen atoms in total. The molecule has 1 aromatic rings. The molecule has 1 aromatic heterocycles. The Morgan fingerprint density at radius 3 is 2.86 bits per heavy atom. The summed E-state index contributed by atoms with van der Waals surface area (Å²) in [5.41, 5.74) is 0.411. The smallest absolute Gasteiger partial charge is 0.0445 e. The van der Waals surface area contributed by atoms with E-state index in [-0.39, 0.29) is 0 Å². The van der Waals surface area contributed by atoms with E-state index >= 15 is 0 Å². The summed E-state index contributed by atoms with van der Waals surface area (Å²) in [6, 6.07) is 5.83. The summed E-state index contributed by atoms with van der Waals surface area (Å²) in [5, 5.41) is 6.16. The third kappa shape index (κ3) is 3.35. The number of thiophene rings is 1. The molecule has 1 spiro atoms. The zero-order chi connectivity index (χ0) is 14.7. The fourth-order valence-corrected chi connectivity index (χ4v) is 5.13. The zero-order valence-corrected chi connectivity index (χ0v) is 14.4. The molecule has 3 heteroatoms. The molecule has 0 aromatic carbocycles. The second-order valence-corrected chi connectivity index (χ2v) is 8.04. The normalized spacial score (nSPS) is 27.8. The molecule has 2 unspecified atom stereocenters. The van der Waals surface area contributed by atoms with Crippen molar-refractivity contribution in [1.29, 1.82) is 0 Å². The summed E-state index contributed by atoms with van der Waals surface area (Å²) in [6.45, 7) is 7.13. The summed E-state index contributed by atoms with van der Waals surface area (Å²) in [6.07, 6.45) is 9.56. The van der Waals surface area contributed by atoms with Crippen molar-refractivity contribution in [3.63, 3.8) is 0 Å². The van der Waals surface area contributed by atoms with E-state index in [0.717, 1.165) is 6.54 Å². The lowest BCUT2D eigenvalue weighted by Crippen LogP contribution is -2.64. The van der Waals surface area contributed by atoms with Gasteiger partial charge in [-0.05, 0) is 37.6 Å². The van der Waals surface area contributed by atoms with Gasteiger partial charge in [0.1, 0.15) is 0 Å². The maximum atomic E-state index is 3.92. The largest absolute Gasteiger partial charge is 0.308 e. The molecule has 21 heavy (non-hydrogen) atoms. The second-order valence-electron chi connectivity index (χ2n) is 7.06. The maximum absolute atomic E-state index is 3.92. The summed E-state index contributed by atoms with van der Waals surface area (Å²) in [5.74, 6) is 0. The van der Waals surface area contributed by atoms with Crippen LogP contribution >= 0.6 is 11.3 Å². The van der Waals surface area contributed by atoms with Crippen molar-refractivity contribution in [2.75, 3.05) is 13.1 Å². The second kappa shape index (κ2) is 6.80. The van der Waals surface area contributed by atoms with E-state index in [2.05, 4.69) is 41.6 Å². The summed E-state index contributed by atoms with van der Waals surface area (Å²) in [4.78, 5) is 4.38. The van der Waals surface area contributed by atoms with Gasteiger partial charge in [0.15, 0.2) is 0 Å². The molecule has 0 radical (unpaired) electrons. The highest BCUT2D eigenvalue weighted by molar-refractivity contribution is 7.10. The molecule has 2 fully saturated rings. The molecule has 1 saturated heterocycles. The minimum absolute atomic E-state index is 0.411. The SMILES string of the molecule is CCCC(c1cccs1)N1CC2(CCCCC2)NCC1C. The lowest BCUT2D eigenvalue weighted by atomic mass is 9.79. The molecule has 2 aliphatic rings. The summed E-state index contributed by atoms with van der Waals surface area (Å²) < 4.78 is 0. The number of hydrogen-bond donors (Lipinski definition) is 1. The highest BCUT2D eigenvalue weighted by atomic mass is 32.1. The van der Waals surface area contributed by atoms with Gasteiger partial charge in [-0.2, -0.15) is 0 Å². The molecule has 1 saturated carbocycles. The van der Waals surface area contributed by atoms with E-state index < -0.39 is 0 Å². The average Bonchev–Trinajstić information content (AvgIpc) is 3.03. The molecule has 1 N–H and O–H groups in total. The van der Waals surface area contributed by atoms with E-state index in [1.54, 1.807) is 4.88 Å². The van der Waals surface area contributed by atoms with E-state index in [4.69, 9.17) is 0 Å². The van der Waals surface area contributed by atoms with Crippen molar-refractivity contribution < 1.29 is 0 Å². The van der Waals surface area contributed by atoms with Crippen LogP contribution in [-0.2, 0) is 0 Å². The molecule has 1 aliphatic heterocycles. The number of nitrogens with one attached hydrogen (secondary N) is 1. The molecule has 3 rings (SSSR count). The maximum Gasteiger partial charge on any atom is 0.0445 e. The minimum atomic E-state index is 0.411. The first-order valence-corrected chi connectivity index (χ1v) is 9.66. The van der Waals surface area contributed by atoms with Crippen molar-refractivity contribution >= 4 is 11.3 Å². The van der Waals surface area contributed by atoms with Crippen LogP contribution in [0.3, 0.4) is 0 Å². The van der Waals surface area contributed by atoms with Gasteiger partial charge in [0.2, 0.25) is 0 Å². The summed E-state index contributed by atoms with van der Waals surface area (Å²) >= 11 is 1.94. The Kier molecular flexibility index (Phi) is 5.03. The number of hydrogen-bond acceptors (Lipinski definition) is 3. The van der Waals surface area contributed by atoms with Crippen LogP contribution in [-0.4, -0.2) is 29.6 Å². The lowest BCUT2D eigenvalue weighted by molar-refractivity contribution is 0.0280. The zero-order valence-electron chi connectivity index (χ0n) is 13.6. The van der Waals surface area contributed by atoms with Gasteiger partial charge in [0.25, 0.3) is 0 Å². The fraction of sp³-hybridized carbons (Fsp3) is 0.778. The van der Waals surface area contributed by atoms with Gasteiger partial charge in [0.05, 0.1) is 0 Å². The highest BCUT2D eigenvalue weighted by Gasteiger charge is 2.41. The lowest BCUT2D eigenvalue weighted by Gasteiger charge is -2.51. The highest BCUT2D eigenvalue weighted by Crippen LogP contribution is 2.38. The predicted octanol–water partition coefficient (Wildman–Crippen LogP) is 4.59. The monoisotopic (exact) mass is 306 g/mol. The Morgan fingerprint density at radius 1 is 1.38 bits per heavy atom. The number of piperazine rings is 1. The Bertz CT molecular complexity index is 422. The molecule has 0 bridgehead atoms. The van der Waals surface area contributed by atoms with Crippen LogP contribution in [0.4, 0.5) is 0 Å². The standard InChI is InChI=1S/C18H30N2S/c1-3-8-16(17-9-7-12-21-17)20-14-18(19-13-15(20)2)10-5-4-6-11-18/h7,9,12,15-16,19H,3-6,8,10-11,13-14H2,1-2H3. The van der Waals surface area contributed by atoms with E-state index in [0.29, 0.717) is 17.6 Å². The third-order valence-electron chi connectivity index (χ3n) is 5.47. The van der Waals surface area contributed by atoms with Crippen LogP contribution < -0.4 is 5.32 Å². The number of nitrogens with zero attached hydrogens (tertiary/aromatic N) is 1. The molecular weight excluding hydrogens is 276 g/mol. The fourth-order valence-electron chi connectivity index (χ4n) is 4.25. The van der Waals surface area contributed by atoms with Gasteiger partial charge in [-0.3, -0.25) is 4.90 Å². The van der Waals surface area contributed by atoms with Gasteiger partial charge < -0.3 is 5.32 Å². The van der Waals surface area contributed by atoms with Crippen LogP contribution in [0.1, 0.15) is 69.7 Å². The predicted molar refractivity (Wildman–Crippen MR) is 92.0 cm³/mol. The third-order valence-corrected chi connectivity index (χ3v) is 6.44. The Morgan fingerprint density at radius 2 is 2.19 bits per heavy atom. The van der Waals surface area contributed by atoms with E-state index in [1.165, 1.54) is 51.5 Å². The topological polar surface area (TPSA) is 15.3 Å². The van der Waals surface area contributed by atoms with Crippen LogP contribution in [0, 0.1) is 0 Å². The van der Waals surface area contributed by atoms with Crippen LogP contribution in [0.5, 0.6) is 0 Å². The van der Waals surface area contributed by atoms with E-state index in [1.807, 2.05) is 11.3 Å². The average molecular weight is 307 g/mol. The molecule has 2 heterocycles. The number of rotatable bonds is 4. The van der Waals surface area contributed by atoms with Gasteiger partial charge >= 0.3 is 0 Å². The Balaban J connectivity index is 1.79. The Labute approximate surface area is 133 Å². The first kappa shape index (κ1) is 15.5. The van der Waals surface area contributed by atoms with Crippen molar-refractivity contribution in [3.8, 4) is 0 Å². The Hall–Kier alpha value is -0.380. The van der Waals surface area contributed by atoms with Gasteiger partial charge in [-0.25, -0.2) is 0 Å². The van der Waals surface area contributed by atoms with Gasteiger partial charge in [-0.1, -0.05) is 38.7 Å². The van der Waals surface area contributed by atoms with Crippen LogP contribution in [0.25, 0.3) is 0 Å². The summed E-state index contributed by atoms with van der Waals surface area (Å²) in [7, 11) is 0. The van der Waals surface area contributed by atoms with Crippen molar-refractivity contribution in [2.45, 2.75) is 76.4 Å². The van der Waals surface area contributed by atoms with Crippen molar-refractivity contribution in [3.05, 3.63) is 22.4 Å². The van der Waals surface area contributed by atoms with Gasteiger partial charge in [0, 0.05) is 35.6 Å². The quantitative estimate of drug-likeness (QED) is 0.875. The van der Waals surface area contributed by atoms with Crippen molar-refractivity contribution in [2.24, 2.45) is 0 Å².